The van der Waals surface area contributed by atoms with Crippen molar-refractivity contribution < 1.29 is 0 Å². The predicted octanol–water partition coefficient (Wildman–Crippen LogP) is 4.33. The summed E-state index contributed by atoms with van der Waals surface area (Å²) in [6.45, 7) is 4.23. The van der Waals surface area contributed by atoms with Gasteiger partial charge in [0.15, 0.2) is 0 Å². The molecule has 88 valence electrons. The molecule has 1 aromatic carbocycles. The van der Waals surface area contributed by atoms with Crippen LogP contribution in [-0.2, 0) is 0 Å². The maximum absolute atomic E-state index is 4.49. The number of nitrogens with one attached hydrogen (secondary N) is 1. The van der Waals surface area contributed by atoms with Gasteiger partial charge < -0.3 is 4.98 Å². The minimum absolute atomic E-state index is 0.730. The number of benzene rings is 1. The van der Waals surface area contributed by atoms with Crippen molar-refractivity contribution in [2.75, 3.05) is 0 Å². The number of aromatic amines is 1. The van der Waals surface area contributed by atoms with E-state index < -0.39 is 0 Å². The highest BCUT2D eigenvalue weighted by Crippen LogP contribution is 2.39. The van der Waals surface area contributed by atoms with Gasteiger partial charge in [0.05, 0.1) is 0 Å². The predicted molar refractivity (Wildman–Crippen MR) is 73.2 cm³/mol. The lowest BCUT2D eigenvalue weighted by Crippen LogP contribution is -1.87. The van der Waals surface area contributed by atoms with Gasteiger partial charge in [0, 0.05) is 27.8 Å². The summed E-state index contributed by atoms with van der Waals surface area (Å²) in [5.74, 6) is 1.72. The molecule has 1 aliphatic rings. The molecule has 0 unspecified atom stereocenters. The van der Waals surface area contributed by atoms with Crippen molar-refractivity contribution in [1.82, 2.24) is 9.97 Å². The Balaban J connectivity index is 2.01. The van der Waals surface area contributed by atoms with Crippen LogP contribution in [-0.4, -0.2) is 9.97 Å². The molecular formula is C14H15BrN2. The number of nitrogens with zero attached hydrogens (tertiary/aromatic N) is 1. The van der Waals surface area contributed by atoms with Crippen LogP contribution in [0, 0.1) is 13.8 Å². The molecule has 1 aromatic heterocycles. The number of hydrogen-bond donors (Lipinski definition) is 1. The highest BCUT2D eigenvalue weighted by Gasteiger charge is 2.25. The van der Waals surface area contributed by atoms with Gasteiger partial charge in [0.2, 0.25) is 0 Å². The van der Waals surface area contributed by atoms with Crippen LogP contribution in [0.5, 0.6) is 0 Å². The molecule has 0 radical (unpaired) electrons. The fourth-order valence-corrected chi connectivity index (χ4v) is 2.40. The van der Waals surface area contributed by atoms with E-state index in [4.69, 9.17) is 0 Å². The van der Waals surface area contributed by atoms with Gasteiger partial charge in [0.1, 0.15) is 5.82 Å². The molecule has 0 spiro atoms. The highest BCUT2D eigenvalue weighted by atomic mass is 79.9. The maximum Gasteiger partial charge on any atom is 0.137 e. The van der Waals surface area contributed by atoms with Crippen LogP contribution in [0.4, 0.5) is 0 Å². The summed E-state index contributed by atoms with van der Waals surface area (Å²) >= 11 is 3.59. The lowest BCUT2D eigenvalue weighted by atomic mass is 10.1. The molecule has 3 rings (SSSR count). The molecule has 2 nitrogen and oxygen atoms in total. The van der Waals surface area contributed by atoms with E-state index in [1.165, 1.54) is 39.7 Å². The zero-order valence-corrected chi connectivity index (χ0v) is 11.6. The minimum Gasteiger partial charge on any atom is -0.342 e. The third-order valence-corrected chi connectivity index (χ3v) is 4.57. The van der Waals surface area contributed by atoms with Crippen LogP contribution in [0.15, 0.2) is 22.8 Å². The molecule has 0 aliphatic heterocycles. The first-order chi connectivity index (χ1) is 8.15. The number of hydrogen-bond acceptors (Lipinski definition) is 1. The Hall–Kier alpha value is -1.09. The molecule has 3 heteroatoms. The van der Waals surface area contributed by atoms with Gasteiger partial charge in [-0.25, -0.2) is 4.98 Å². The average molecular weight is 291 g/mol. The molecule has 0 atom stereocenters. The molecule has 0 saturated heterocycles. The molecule has 1 heterocycles. The van der Waals surface area contributed by atoms with Crippen LogP contribution < -0.4 is 0 Å². The van der Waals surface area contributed by atoms with Gasteiger partial charge in [-0.3, -0.25) is 0 Å². The smallest absolute Gasteiger partial charge is 0.137 e. The molecular weight excluding hydrogens is 276 g/mol. The monoisotopic (exact) mass is 290 g/mol. The van der Waals surface area contributed by atoms with Crippen molar-refractivity contribution in [3.8, 4) is 11.4 Å². The molecule has 0 bridgehead atoms. The van der Waals surface area contributed by atoms with Gasteiger partial charge in [-0.05, 0) is 49.9 Å². The van der Waals surface area contributed by atoms with E-state index >= 15 is 0 Å². The zero-order valence-electron chi connectivity index (χ0n) is 10.0. The average Bonchev–Trinajstić information content (AvgIpc) is 3.04. The zero-order chi connectivity index (χ0) is 12.0. The number of imidazole rings is 1. The maximum atomic E-state index is 4.49. The largest absolute Gasteiger partial charge is 0.342 e. The second-order valence-corrected chi connectivity index (χ2v) is 5.68. The summed E-state index contributed by atoms with van der Waals surface area (Å²) in [5, 5.41) is 0. The summed E-state index contributed by atoms with van der Waals surface area (Å²) in [6.07, 6.45) is 4.60. The van der Waals surface area contributed by atoms with Gasteiger partial charge >= 0.3 is 0 Å². The fourth-order valence-electron chi connectivity index (χ4n) is 2.17. The number of rotatable bonds is 2. The van der Waals surface area contributed by atoms with Crippen molar-refractivity contribution >= 4 is 15.9 Å². The lowest BCUT2D eigenvalue weighted by Gasteiger charge is -2.05. The Kier molecular flexibility index (Phi) is 2.58. The quantitative estimate of drug-likeness (QED) is 0.876. The molecule has 2 aromatic rings. The van der Waals surface area contributed by atoms with E-state index in [2.05, 4.69) is 51.9 Å². The number of aromatic nitrogens is 2. The van der Waals surface area contributed by atoms with E-state index in [0.29, 0.717) is 0 Å². The van der Waals surface area contributed by atoms with E-state index in [9.17, 15) is 0 Å². The van der Waals surface area contributed by atoms with E-state index in [0.717, 1.165) is 11.7 Å². The van der Waals surface area contributed by atoms with Gasteiger partial charge in [0.25, 0.3) is 0 Å². The van der Waals surface area contributed by atoms with Crippen molar-refractivity contribution in [2.24, 2.45) is 0 Å². The molecule has 1 N–H and O–H groups in total. The fraction of sp³-hybridized carbons (Fsp3) is 0.357. The molecule has 1 aliphatic carbocycles. The van der Waals surface area contributed by atoms with E-state index in [1.807, 2.05) is 6.20 Å². The molecule has 0 amide bonds. The second kappa shape index (κ2) is 3.98. The summed E-state index contributed by atoms with van der Waals surface area (Å²) in [4.78, 5) is 7.93. The number of halogens is 1. The van der Waals surface area contributed by atoms with Crippen molar-refractivity contribution in [3.05, 3.63) is 39.6 Å². The number of H-pyrrole nitrogens is 1. The Morgan fingerprint density at radius 1 is 1.24 bits per heavy atom. The van der Waals surface area contributed by atoms with Gasteiger partial charge in [-0.2, -0.15) is 0 Å². The van der Waals surface area contributed by atoms with Crippen LogP contribution in [0.3, 0.4) is 0 Å². The second-order valence-electron chi connectivity index (χ2n) is 4.89. The van der Waals surface area contributed by atoms with Crippen LogP contribution in [0.25, 0.3) is 11.4 Å². The standard InChI is InChI=1S/C14H15BrN2/c1-8-5-11(6-9(2)13(8)15)14-16-7-12(17-14)10-3-4-10/h5-7,10H,3-4H2,1-2H3,(H,16,17). The topological polar surface area (TPSA) is 28.7 Å². The normalized spacial score (nSPS) is 15.2. The van der Waals surface area contributed by atoms with Crippen LogP contribution >= 0.6 is 15.9 Å². The molecule has 1 fully saturated rings. The van der Waals surface area contributed by atoms with Crippen molar-refractivity contribution in [3.63, 3.8) is 0 Å². The third kappa shape index (κ3) is 2.04. The summed E-state index contributed by atoms with van der Waals surface area (Å²) in [6, 6.07) is 4.35. The number of aryl methyl sites for hydroxylation is 2. The highest BCUT2D eigenvalue weighted by molar-refractivity contribution is 9.10. The van der Waals surface area contributed by atoms with Gasteiger partial charge in [-0.1, -0.05) is 15.9 Å². The van der Waals surface area contributed by atoms with Gasteiger partial charge in [-0.15, -0.1) is 0 Å². The molecule has 17 heavy (non-hydrogen) atoms. The lowest BCUT2D eigenvalue weighted by molar-refractivity contribution is 1.05. The van der Waals surface area contributed by atoms with E-state index in [1.54, 1.807) is 0 Å². The molecule has 1 saturated carbocycles. The Morgan fingerprint density at radius 3 is 2.47 bits per heavy atom. The van der Waals surface area contributed by atoms with Crippen LogP contribution in [0.1, 0.15) is 35.6 Å². The summed E-state index contributed by atoms with van der Waals surface area (Å²) in [5.41, 5.74) is 4.97. The first-order valence-corrected chi connectivity index (χ1v) is 6.76. The Morgan fingerprint density at radius 2 is 1.88 bits per heavy atom. The van der Waals surface area contributed by atoms with Crippen molar-refractivity contribution in [1.29, 1.82) is 0 Å². The third-order valence-electron chi connectivity index (χ3n) is 3.32. The van der Waals surface area contributed by atoms with E-state index in [-0.39, 0.29) is 0 Å². The van der Waals surface area contributed by atoms with Crippen molar-refractivity contribution in [2.45, 2.75) is 32.6 Å². The van der Waals surface area contributed by atoms with Crippen LogP contribution in [0.2, 0.25) is 0 Å². The SMILES string of the molecule is Cc1cc(-c2ncc(C3CC3)[nH]2)cc(C)c1Br. The Labute approximate surface area is 110 Å². The first kappa shape index (κ1) is 11.0. The summed E-state index contributed by atoms with van der Waals surface area (Å²) in [7, 11) is 0. The Bertz CT molecular complexity index is 544. The summed E-state index contributed by atoms with van der Waals surface area (Å²) < 4.78 is 1.19. The minimum atomic E-state index is 0.730. The first-order valence-electron chi connectivity index (χ1n) is 5.97.